The average molecular weight is 224 g/mol. The molecule has 0 bridgehead atoms. The molecule has 0 fully saturated rings. The Hall–Kier alpha value is -1.27. The first-order valence-corrected chi connectivity index (χ1v) is 4.37. The zero-order valence-corrected chi connectivity index (χ0v) is 8.30. The lowest BCUT2D eigenvalue weighted by Crippen LogP contribution is -2.47. The fraction of sp³-hybridized carbons (Fsp3) is 0.750. The highest BCUT2D eigenvalue weighted by atomic mass is 19.4. The van der Waals surface area contributed by atoms with Crippen LogP contribution in [0.3, 0.4) is 0 Å². The number of likely N-dealkylation sites (N-methyl/N-ethyl adjacent to an activating group) is 1. The summed E-state index contributed by atoms with van der Waals surface area (Å²) in [5.41, 5.74) is -2.62. The van der Waals surface area contributed by atoms with Crippen LogP contribution in [0.15, 0.2) is 5.10 Å². The number of carboxylic acid groups (broad SMARTS) is 1. The number of aliphatic carboxylic acids is 1. The molecule has 1 aliphatic heterocycles. The lowest BCUT2D eigenvalue weighted by atomic mass is 9.96. The zero-order chi connectivity index (χ0) is 11.9. The monoisotopic (exact) mass is 224 g/mol. The van der Waals surface area contributed by atoms with Crippen molar-refractivity contribution in [2.24, 2.45) is 5.10 Å². The summed E-state index contributed by atoms with van der Waals surface area (Å²) >= 11 is 0. The molecule has 1 unspecified atom stereocenters. The van der Waals surface area contributed by atoms with E-state index in [1.807, 2.05) is 0 Å². The van der Waals surface area contributed by atoms with Crippen molar-refractivity contribution in [2.45, 2.75) is 32.0 Å². The van der Waals surface area contributed by atoms with Crippen LogP contribution in [-0.4, -0.2) is 40.1 Å². The highest BCUT2D eigenvalue weighted by Gasteiger charge is 2.51. The second kappa shape index (κ2) is 3.39. The fourth-order valence-electron chi connectivity index (χ4n) is 1.47. The predicted octanol–water partition coefficient (Wildman–Crippen LogP) is 1.47. The van der Waals surface area contributed by atoms with E-state index in [0.29, 0.717) is 0 Å². The molecular weight excluding hydrogens is 213 g/mol. The second-order valence-corrected chi connectivity index (χ2v) is 3.52. The molecule has 1 heterocycles. The van der Waals surface area contributed by atoms with Gasteiger partial charge in [0.2, 0.25) is 0 Å². The minimum absolute atomic E-state index is 0.127. The van der Waals surface area contributed by atoms with E-state index in [-0.39, 0.29) is 6.54 Å². The number of hydrogen-bond donors (Lipinski definition) is 1. The zero-order valence-electron chi connectivity index (χ0n) is 8.30. The Kier molecular flexibility index (Phi) is 2.67. The summed E-state index contributed by atoms with van der Waals surface area (Å²) in [6.45, 7) is 2.92. The van der Waals surface area contributed by atoms with Gasteiger partial charge in [0.15, 0.2) is 5.54 Å². The van der Waals surface area contributed by atoms with E-state index in [1.54, 1.807) is 6.92 Å². The van der Waals surface area contributed by atoms with Gasteiger partial charge in [-0.15, -0.1) is 0 Å². The van der Waals surface area contributed by atoms with Crippen molar-refractivity contribution in [3.63, 3.8) is 0 Å². The smallest absolute Gasteiger partial charge is 0.431 e. The SMILES string of the molecule is CCN1N=C(C(F)(F)F)CC1(C)C(=O)O. The molecule has 0 aliphatic carbocycles. The van der Waals surface area contributed by atoms with Crippen molar-refractivity contribution in [1.29, 1.82) is 0 Å². The quantitative estimate of drug-likeness (QED) is 0.772. The molecule has 15 heavy (non-hydrogen) atoms. The summed E-state index contributed by atoms with van der Waals surface area (Å²) in [4.78, 5) is 10.9. The van der Waals surface area contributed by atoms with E-state index in [1.165, 1.54) is 6.92 Å². The molecular formula is C8H11F3N2O2. The van der Waals surface area contributed by atoms with Gasteiger partial charge >= 0.3 is 12.1 Å². The van der Waals surface area contributed by atoms with Crippen LogP contribution in [0.5, 0.6) is 0 Å². The number of hydrazone groups is 1. The Balaban J connectivity index is 3.00. The Labute approximate surface area is 84.4 Å². The topological polar surface area (TPSA) is 52.9 Å². The summed E-state index contributed by atoms with van der Waals surface area (Å²) in [5, 5.41) is 13.1. The first-order chi connectivity index (χ1) is 6.71. The highest BCUT2D eigenvalue weighted by Crippen LogP contribution is 2.33. The van der Waals surface area contributed by atoms with Gasteiger partial charge in [-0.1, -0.05) is 0 Å². The minimum atomic E-state index is -4.55. The normalized spacial score (nSPS) is 26.7. The maximum Gasteiger partial charge on any atom is 0.431 e. The molecule has 0 spiro atoms. The third-order valence-electron chi connectivity index (χ3n) is 2.41. The van der Waals surface area contributed by atoms with E-state index < -0.39 is 29.8 Å². The summed E-state index contributed by atoms with van der Waals surface area (Å²) in [6, 6.07) is 0. The van der Waals surface area contributed by atoms with Gasteiger partial charge in [-0.2, -0.15) is 18.3 Å². The lowest BCUT2D eigenvalue weighted by Gasteiger charge is -2.28. The molecule has 86 valence electrons. The largest absolute Gasteiger partial charge is 0.479 e. The van der Waals surface area contributed by atoms with E-state index in [9.17, 15) is 18.0 Å². The molecule has 0 aromatic rings. The van der Waals surface area contributed by atoms with Crippen LogP contribution in [-0.2, 0) is 4.79 Å². The number of carbonyl (C=O) groups is 1. The number of halogens is 3. The van der Waals surface area contributed by atoms with Crippen LogP contribution in [0.25, 0.3) is 0 Å². The van der Waals surface area contributed by atoms with E-state index in [0.717, 1.165) is 5.01 Å². The lowest BCUT2D eigenvalue weighted by molar-refractivity contribution is -0.149. The molecule has 7 heteroatoms. The summed E-state index contributed by atoms with van der Waals surface area (Å²) in [7, 11) is 0. The molecule has 0 saturated carbocycles. The van der Waals surface area contributed by atoms with Gasteiger partial charge in [0.05, 0.1) is 0 Å². The average Bonchev–Trinajstić information content (AvgIpc) is 2.43. The molecule has 1 aliphatic rings. The molecule has 4 nitrogen and oxygen atoms in total. The molecule has 1 atom stereocenters. The maximum absolute atomic E-state index is 12.3. The Morgan fingerprint density at radius 2 is 2.20 bits per heavy atom. The summed E-state index contributed by atoms with van der Waals surface area (Å²) < 4.78 is 37.0. The van der Waals surface area contributed by atoms with E-state index in [4.69, 9.17) is 5.11 Å². The van der Waals surface area contributed by atoms with Crippen molar-refractivity contribution < 1.29 is 23.1 Å². The van der Waals surface area contributed by atoms with Gasteiger partial charge in [-0.25, -0.2) is 4.79 Å². The standard InChI is InChI=1S/C8H11F3N2O2/c1-3-13-7(2,6(14)15)4-5(12-13)8(9,10)11/h3-4H2,1-2H3,(H,14,15). The number of hydrogen-bond acceptors (Lipinski definition) is 3. The fourth-order valence-corrected chi connectivity index (χ4v) is 1.47. The van der Waals surface area contributed by atoms with Crippen LogP contribution in [0.4, 0.5) is 13.2 Å². The van der Waals surface area contributed by atoms with E-state index in [2.05, 4.69) is 5.10 Å². The van der Waals surface area contributed by atoms with Gasteiger partial charge in [0.25, 0.3) is 0 Å². The van der Waals surface area contributed by atoms with Crippen LogP contribution < -0.4 is 0 Å². The molecule has 0 radical (unpaired) electrons. The van der Waals surface area contributed by atoms with E-state index >= 15 is 0 Å². The van der Waals surface area contributed by atoms with Crippen LogP contribution >= 0.6 is 0 Å². The third-order valence-corrected chi connectivity index (χ3v) is 2.41. The predicted molar refractivity (Wildman–Crippen MR) is 46.5 cm³/mol. The van der Waals surface area contributed by atoms with Gasteiger partial charge in [-0.3, -0.25) is 5.01 Å². The summed E-state index contributed by atoms with van der Waals surface area (Å²) in [6.07, 6.45) is -5.17. The van der Waals surface area contributed by atoms with Crippen molar-refractivity contribution in [2.75, 3.05) is 6.54 Å². The van der Waals surface area contributed by atoms with Crippen LogP contribution in [0, 0.1) is 0 Å². The van der Waals surface area contributed by atoms with Crippen LogP contribution in [0.1, 0.15) is 20.3 Å². The Bertz CT molecular complexity index is 313. The van der Waals surface area contributed by atoms with Gasteiger partial charge in [-0.05, 0) is 13.8 Å². The molecule has 0 amide bonds. The molecule has 1 N–H and O–H groups in total. The van der Waals surface area contributed by atoms with Gasteiger partial charge in [0.1, 0.15) is 5.71 Å². The van der Waals surface area contributed by atoms with Crippen molar-refractivity contribution in [3.05, 3.63) is 0 Å². The van der Waals surface area contributed by atoms with Crippen molar-refractivity contribution in [1.82, 2.24) is 5.01 Å². The van der Waals surface area contributed by atoms with Crippen molar-refractivity contribution >= 4 is 11.7 Å². The molecule has 0 aromatic heterocycles. The Morgan fingerprint density at radius 3 is 2.47 bits per heavy atom. The highest BCUT2D eigenvalue weighted by molar-refractivity contribution is 5.97. The third kappa shape index (κ3) is 1.91. The van der Waals surface area contributed by atoms with Gasteiger partial charge in [0, 0.05) is 13.0 Å². The van der Waals surface area contributed by atoms with Crippen LogP contribution in [0.2, 0.25) is 0 Å². The minimum Gasteiger partial charge on any atom is -0.479 e. The molecule has 0 saturated heterocycles. The van der Waals surface area contributed by atoms with Crippen molar-refractivity contribution in [3.8, 4) is 0 Å². The Morgan fingerprint density at radius 1 is 1.67 bits per heavy atom. The second-order valence-electron chi connectivity index (χ2n) is 3.52. The number of rotatable bonds is 2. The first-order valence-electron chi connectivity index (χ1n) is 4.37. The number of nitrogens with zero attached hydrogens (tertiary/aromatic N) is 2. The molecule has 1 rings (SSSR count). The molecule has 0 aromatic carbocycles. The maximum atomic E-state index is 12.3. The number of carboxylic acids is 1. The summed E-state index contributed by atoms with van der Waals surface area (Å²) in [5.74, 6) is -1.30. The number of alkyl halides is 3. The first kappa shape index (κ1) is 11.8. The van der Waals surface area contributed by atoms with Gasteiger partial charge < -0.3 is 5.11 Å².